The molecule has 0 aliphatic rings. The van der Waals surface area contributed by atoms with Crippen molar-refractivity contribution in [2.24, 2.45) is 5.84 Å². The molecule has 2 heterocycles. The minimum Gasteiger partial charge on any atom is -0.333 e. The third-order valence-corrected chi connectivity index (χ3v) is 2.94. The first-order valence-corrected chi connectivity index (χ1v) is 6.22. The van der Waals surface area contributed by atoms with Crippen molar-refractivity contribution in [3.63, 3.8) is 0 Å². The Balaban J connectivity index is 2.32. The minimum atomic E-state index is -0.184. The maximum absolute atomic E-state index is 5.78. The lowest BCUT2D eigenvalue weighted by Gasteiger charge is -2.17. The number of aryl methyl sites for hydroxylation is 1. The summed E-state index contributed by atoms with van der Waals surface area (Å²) in [6.07, 6.45) is 6.47. The molecule has 2 aromatic heterocycles. The van der Waals surface area contributed by atoms with E-state index in [1.165, 1.54) is 0 Å². The van der Waals surface area contributed by atoms with Crippen molar-refractivity contribution in [3.8, 4) is 0 Å². The predicted octanol–water partition coefficient (Wildman–Crippen LogP) is 1.89. The van der Waals surface area contributed by atoms with Crippen molar-refractivity contribution in [1.29, 1.82) is 0 Å². The number of pyridine rings is 1. The summed E-state index contributed by atoms with van der Waals surface area (Å²) in [6.45, 7) is 3.03. The molecule has 6 heteroatoms. The number of aromatic nitrogens is 3. The Morgan fingerprint density at radius 1 is 1.44 bits per heavy atom. The lowest BCUT2D eigenvalue weighted by atomic mass is 10.1. The van der Waals surface area contributed by atoms with Crippen molar-refractivity contribution in [3.05, 3.63) is 47.3 Å². The van der Waals surface area contributed by atoms with Crippen molar-refractivity contribution in [2.45, 2.75) is 25.9 Å². The number of nitrogens with one attached hydrogen (secondary N) is 1. The van der Waals surface area contributed by atoms with Crippen molar-refractivity contribution < 1.29 is 0 Å². The lowest BCUT2D eigenvalue weighted by molar-refractivity contribution is 0.544. The Morgan fingerprint density at radius 3 is 2.89 bits per heavy atom. The van der Waals surface area contributed by atoms with E-state index in [0.717, 1.165) is 24.4 Å². The van der Waals surface area contributed by atoms with Crippen LogP contribution in [0.4, 0.5) is 0 Å². The van der Waals surface area contributed by atoms with Gasteiger partial charge < -0.3 is 4.57 Å². The molecule has 2 aromatic rings. The second-order valence-electron chi connectivity index (χ2n) is 3.99. The smallest absolute Gasteiger partial charge is 0.131 e. The van der Waals surface area contributed by atoms with E-state index in [1.807, 2.05) is 12.3 Å². The van der Waals surface area contributed by atoms with Crippen LogP contribution in [0.2, 0.25) is 5.15 Å². The number of hydrazine groups is 1. The van der Waals surface area contributed by atoms with Crippen LogP contribution in [0.3, 0.4) is 0 Å². The highest BCUT2D eigenvalue weighted by Crippen LogP contribution is 2.20. The van der Waals surface area contributed by atoms with Crippen LogP contribution in [0.25, 0.3) is 0 Å². The van der Waals surface area contributed by atoms with Crippen LogP contribution < -0.4 is 11.3 Å². The number of hydrogen-bond acceptors (Lipinski definition) is 4. The van der Waals surface area contributed by atoms with Gasteiger partial charge in [0.05, 0.1) is 0 Å². The summed E-state index contributed by atoms with van der Waals surface area (Å²) in [4.78, 5) is 8.43. The van der Waals surface area contributed by atoms with Crippen molar-refractivity contribution >= 4 is 11.6 Å². The van der Waals surface area contributed by atoms with E-state index in [1.54, 1.807) is 18.5 Å². The molecule has 0 bridgehead atoms. The van der Waals surface area contributed by atoms with Gasteiger partial charge in [0.1, 0.15) is 17.0 Å². The third-order valence-electron chi connectivity index (χ3n) is 2.72. The van der Waals surface area contributed by atoms with Crippen molar-refractivity contribution in [1.82, 2.24) is 20.0 Å². The van der Waals surface area contributed by atoms with E-state index in [2.05, 4.69) is 26.9 Å². The first-order valence-electron chi connectivity index (χ1n) is 5.85. The molecule has 2 rings (SSSR count). The topological polar surface area (TPSA) is 68.8 Å². The fourth-order valence-electron chi connectivity index (χ4n) is 1.89. The molecule has 0 saturated heterocycles. The first kappa shape index (κ1) is 13.0. The predicted molar refractivity (Wildman–Crippen MR) is 70.9 cm³/mol. The Hall–Kier alpha value is -1.43. The number of halogens is 1. The largest absolute Gasteiger partial charge is 0.333 e. The summed E-state index contributed by atoms with van der Waals surface area (Å²) >= 11 is 5.78. The summed E-state index contributed by atoms with van der Waals surface area (Å²) in [7, 11) is 0. The molecule has 0 aliphatic carbocycles. The minimum absolute atomic E-state index is 0.184. The zero-order valence-corrected chi connectivity index (χ0v) is 10.9. The Morgan fingerprint density at radius 2 is 2.28 bits per heavy atom. The number of nitrogens with zero attached hydrogens (tertiary/aromatic N) is 3. The zero-order chi connectivity index (χ0) is 13.0. The summed E-state index contributed by atoms with van der Waals surface area (Å²) in [5.41, 5.74) is 3.71. The second-order valence-corrected chi connectivity index (χ2v) is 4.38. The van der Waals surface area contributed by atoms with Gasteiger partial charge in [0.15, 0.2) is 0 Å². The average molecular weight is 266 g/mol. The second kappa shape index (κ2) is 5.95. The van der Waals surface area contributed by atoms with E-state index in [4.69, 9.17) is 17.4 Å². The molecule has 0 amide bonds. The van der Waals surface area contributed by atoms with Crippen molar-refractivity contribution in [2.75, 3.05) is 0 Å². The normalized spacial score (nSPS) is 12.6. The molecule has 0 fully saturated rings. The van der Waals surface area contributed by atoms with E-state index in [-0.39, 0.29) is 6.04 Å². The molecule has 96 valence electrons. The molecule has 1 unspecified atom stereocenters. The molecule has 0 spiro atoms. The van der Waals surface area contributed by atoms with Gasteiger partial charge in [-0.2, -0.15) is 0 Å². The molecule has 0 aliphatic heterocycles. The Kier molecular flexibility index (Phi) is 4.30. The van der Waals surface area contributed by atoms with Crippen LogP contribution >= 0.6 is 11.6 Å². The number of nitrogens with two attached hydrogens (primary N) is 1. The summed E-state index contributed by atoms with van der Waals surface area (Å²) < 4.78 is 2.08. The fraction of sp³-hybridized carbons (Fsp3) is 0.333. The monoisotopic (exact) mass is 265 g/mol. The van der Waals surface area contributed by atoms with Gasteiger partial charge in [0.2, 0.25) is 0 Å². The Bertz CT molecular complexity index is 493. The number of imidazole rings is 1. The third kappa shape index (κ3) is 2.69. The van der Waals surface area contributed by atoms with Gasteiger partial charge in [-0.3, -0.25) is 5.84 Å². The van der Waals surface area contributed by atoms with Crippen LogP contribution in [-0.4, -0.2) is 14.5 Å². The number of rotatable bonds is 5. The fourth-order valence-corrected chi connectivity index (χ4v) is 2.00. The van der Waals surface area contributed by atoms with Crippen LogP contribution in [0.5, 0.6) is 0 Å². The van der Waals surface area contributed by atoms with Gasteiger partial charge in [0.25, 0.3) is 0 Å². The highest BCUT2D eigenvalue weighted by molar-refractivity contribution is 6.29. The maximum atomic E-state index is 5.78. The van der Waals surface area contributed by atoms with Crippen LogP contribution in [-0.2, 0) is 6.54 Å². The van der Waals surface area contributed by atoms with Gasteiger partial charge in [-0.15, -0.1) is 0 Å². The summed E-state index contributed by atoms with van der Waals surface area (Å²) in [6, 6.07) is 3.45. The van der Waals surface area contributed by atoms with Gasteiger partial charge in [-0.05, 0) is 18.1 Å². The SMILES string of the molecule is CCCn1ccnc1C(NN)c1ccc(Cl)nc1. The highest BCUT2D eigenvalue weighted by atomic mass is 35.5. The Labute approximate surface area is 111 Å². The molecule has 0 saturated carbocycles. The molecule has 5 nitrogen and oxygen atoms in total. The maximum Gasteiger partial charge on any atom is 0.131 e. The highest BCUT2D eigenvalue weighted by Gasteiger charge is 2.17. The van der Waals surface area contributed by atoms with Crippen LogP contribution in [0.1, 0.15) is 30.8 Å². The molecule has 0 aromatic carbocycles. The summed E-state index contributed by atoms with van der Waals surface area (Å²) in [5.74, 6) is 6.51. The molecular weight excluding hydrogens is 250 g/mol. The quantitative estimate of drug-likeness (QED) is 0.492. The van der Waals surface area contributed by atoms with Crippen LogP contribution in [0.15, 0.2) is 30.7 Å². The molecule has 18 heavy (non-hydrogen) atoms. The average Bonchev–Trinajstić information content (AvgIpc) is 2.82. The molecule has 3 N–H and O–H groups in total. The van der Waals surface area contributed by atoms with Gasteiger partial charge in [-0.25, -0.2) is 15.4 Å². The zero-order valence-electron chi connectivity index (χ0n) is 10.2. The van der Waals surface area contributed by atoms with E-state index < -0.39 is 0 Å². The van der Waals surface area contributed by atoms with E-state index in [0.29, 0.717) is 5.15 Å². The first-order chi connectivity index (χ1) is 8.76. The van der Waals surface area contributed by atoms with E-state index in [9.17, 15) is 0 Å². The van der Waals surface area contributed by atoms with Gasteiger partial charge in [0, 0.05) is 25.1 Å². The van der Waals surface area contributed by atoms with Gasteiger partial charge in [-0.1, -0.05) is 24.6 Å². The summed E-state index contributed by atoms with van der Waals surface area (Å²) in [5, 5.41) is 0.464. The lowest BCUT2D eigenvalue weighted by Crippen LogP contribution is -2.31. The molecule has 0 radical (unpaired) electrons. The van der Waals surface area contributed by atoms with Crippen LogP contribution in [0, 0.1) is 0 Å². The van der Waals surface area contributed by atoms with E-state index >= 15 is 0 Å². The van der Waals surface area contributed by atoms with Gasteiger partial charge >= 0.3 is 0 Å². The number of hydrogen-bond donors (Lipinski definition) is 2. The standard InChI is InChI=1S/C12H16ClN5/c1-2-6-18-7-5-15-12(18)11(17-14)9-3-4-10(13)16-8-9/h3-5,7-8,11,17H,2,6,14H2,1H3. The molecular formula is C12H16ClN5. The molecule has 1 atom stereocenters.